The van der Waals surface area contributed by atoms with Crippen molar-refractivity contribution in [1.29, 1.82) is 0 Å². The standard InChI is InChI=1S/C9H10N4/c1-6-8(9(10)13-12-6)7-3-2-4-11-5-7/h2-5H,1H3,(H3,10,12,13). The summed E-state index contributed by atoms with van der Waals surface area (Å²) in [6, 6.07) is 3.84. The molecule has 0 radical (unpaired) electrons. The average molecular weight is 174 g/mol. The number of hydrogen-bond acceptors (Lipinski definition) is 3. The zero-order chi connectivity index (χ0) is 9.26. The molecule has 0 amide bonds. The second kappa shape index (κ2) is 2.90. The van der Waals surface area contributed by atoms with E-state index in [9.17, 15) is 0 Å². The number of nitrogens with one attached hydrogen (secondary N) is 1. The van der Waals surface area contributed by atoms with E-state index in [1.54, 1.807) is 12.4 Å². The third-order valence-corrected chi connectivity index (χ3v) is 1.93. The summed E-state index contributed by atoms with van der Waals surface area (Å²) in [5, 5.41) is 6.75. The Kier molecular flexibility index (Phi) is 1.73. The van der Waals surface area contributed by atoms with Crippen molar-refractivity contribution < 1.29 is 0 Å². The van der Waals surface area contributed by atoms with E-state index < -0.39 is 0 Å². The molecule has 66 valence electrons. The van der Waals surface area contributed by atoms with Gasteiger partial charge in [0.2, 0.25) is 0 Å². The van der Waals surface area contributed by atoms with Gasteiger partial charge in [-0.25, -0.2) is 0 Å². The molecular formula is C9H10N4. The number of nitrogens with zero attached hydrogens (tertiary/aromatic N) is 2. The van der Waals surface area contributed by atoms with Crippen molar-refractivity contribution in [2.75, 3.05) is 5.73 Å². The van der Waals surface area contributed by atoms with Gasteiger partial charge >= 0.3 is 0 Å². The molecule has 4 heteroatoms. The van der Waals surface area contributed by atoms with Crippen molar-refractivity contribution in [2.24, 2.45) is 0 Å². The Bertz CT molecular complexity index is 385. The fourth-order valence-corrected chi connectivity index (χ4v) is 1.32. The highest BCUT2D eigenvalue weighted by molar-refractivity contribution is 5.75. The topological polar surface area (TPSA) is 67.6 Å². The molecule has 0 unspecified atom stereocenters. The molecular weight excluding hydrogens is 164 g/mol. The van der Waals surface area contributed by atoms with E-state index in [1.165, 1.54) is 0 Å². The Morgan fingerprint density at radius 3 is 2.85 bits per heavy atom. The van der Waals surface area contributed by atoms with Crippen molar-refractivity contribution in [3.05, 3.63) is 30.2 Å². The van der Waals surface area contributed by atoms with E-state index in [1.807, 2.05) is 19.1 Å². The fraction of sp³-hybridized carbons (Fsp3) is 0.111. The van der Waals surface area contributed by atoms with Gasteiger partial charge in [0.15, 0.2) is 5.82 Å². The van der Waals surface area contributed by atoms with Crippen molar-refractivity contribution in [3.63, 3.8) is 0 Å². The van der Waals surface area contributed by atoms with Crippen LogP contribution in [0.15, 0.2) is 24.5 Å². The first-order valence-corrected chi connectivity index (χ1v) is 4.00. The third kappa shape index (κ3) is 1.26. The van der Waals surface area contributed by atoms with Gasteiger partial charge in [0, 0.05) is 29.2 Å². The molecule has 0 saturated heterocycles. The molecule has 0 atom stereocenters. The van der Waals surface area contributed by atoms with Crippen LogP contribution in [-0.4, -0.2) is 15.2 Å². The van der Waals surface area contributed by atoms with Crippen molar-refractivity contribution in [2.45, 2.75) is 6.92 Å². The highest BCUT2D eigenvalue weighted by Gasteiger charge is 2.08. The number of anilines is 1. The fourth-order valence-electron chi connectivity index (χ4n) is 1.32. The minimum atomic E-state index is 0.519. The summed E-state index contributed by atoms with van der Waals surface area (Å²) in [5.41, 5.74) is 8.60. The third-order valence-electron chi connectivity index (χ3n) is 1.93. The number of H-pyrrole nitrogens is 1. The predicted octanol–water partition coefficient (Wildman–Crippen LogP) is 1.36. The number of hydrogen-bond donors (Lipinski definition) is 2. The lowest BCUT2D eigenvalue weighted by molar-refractivity contribution is 1.05. The van der Waals surface area contributed by atoms with Crippen LogP contribution in [0.1, 0.15) is 5.69 Å². The monoisotopic (exact) mass is 174 g/mol. The zero-order valence-corrected chi connectivity index (χ0v) is 7.28. The lowest BCUT2D eigenvalue weighted by atomic mass is 10.1. The van der Waals surface area contributed by atoms with Crippen LogP contribution in [0.3, 0.4) is 0 Å². The molecule has 0 aromatic carbocycles. The summed E-state index contributed by atoms with van der Waals surface area (Å²) >= 11 is 0. The van der Waals surface area contributed by atoms with Crippen LogP contribution >= 0.6 is 0 Å². The SMILES string of the molecule is Cc1[nH]nc(N)c1-c1cccnc1. The molecule has 2 aromatic heterocycles. The molecule has 2 rings (SSSR count). The molecule has 0 fully saturated rings. The van der Waals surface area contributed by atoms with Crippen LogP contribution in [-0.2, 0) is 0 Å². The Balaban J connectivity index is 2.59. The number of aromatic amines is 1. The Hall–Kier alpha value is -1.84. The average Bonchev–Trinajstić information content (AvgIpc) is 2.48. The summed E-state index contributed by atoms with van der Waals surface area (Å²) in [6.45, 7) is 1.94. The van der Waals surface area contributed by atoms with Crippen molar-refractivity contribution in [1.82, 2.24) is 15.2 Å². The first-order chi connectivity index (χ1) is 6.29. The van der Waals surface area contributed by atoms with Crippen LogP contribution in [0.4, 0.5) is 5.82 Å². The van der Waals surface area contributed by atoms with Gasteiger partial charge in [0.05, 0.1) is 0 Å². The van der Waals surface area contributed by atoms with Gasteiger partial charge in [-0.3, -0.25) is 10.1 Å². The number of nitrogen functional groups attached to an aromatic ring is 1. The van der Waals surface area contributed by atoms with E-state index in [0.29, 0.717) is 5.82 Å². The van der Waals surface area contributed by atoms with Gasteiger partial charge in [-0.05, 0) is 13.0 Å². The summed E-state index contributed by atoms with van der Waals surface area (Å²) in [7, 11) is 0. The molecule has 2 aromatic rings. The number of nitrogens with two attached hydrogens (primary N) is 1. The molecule has 13 heavy (non-hydrogen) atoms. The minimum Gasteiger partial charge on any atom is -0.382 e. The quantitative estimate of drug-likeness (QED) is 0.686. The van der Waals surface area contributed by atoms with E-state index >= 15 is 0 Å². The summed E-state index contributed by atoms with van der Waals surface area (Å²) in [4.78, 5) is 4.03. The van der Waals surface area contributed by atoms with Gasteiger partial charge < -0.3 is 5.73 Å². The molecule has 2 heterocycles. The van der Waals surface area contributed by atoms with Crippen molar-refractivity contribution >= 4 is 5.82 Å². The number of aromatic nitrogens is 3. The molecule has 0 aliphatic heterocycles. The highest BCUT2D eigenvalue weighted by Crippen LogP contribution is 2.25. The van der Waals surface area contributed by atoms with Gasteiger partial charge in [-0.2, -0.15) is 5.10 Å². The van der Waals surface area contributed by atoms with Crippen LogP contribution < -0.4 is 5.73 Å². The number of rotatable bonds is 1. The largest absolute Gasteiger partial charge is 0.382 e. The second-order valence-corrected chi connectivity index (χ2v) is 2.85. The molecule has 0 aliphatic carbocycles. The summed E-state index contributed by atoms with van der Waals surface area (Å²) in [6.07, 6.45) is 3.50. The first-order valence-electron chi connectivity index (χ1n) is 4.00. The van der Waals surface area contributed by atoms with Crippen LogP contribution in [0.25, 0.3) is 11.1 Å². The van der Waals surface area contributed by atoms with E-state index in [-0.39, 0.29) is 0 Å². The van der Waals surface area contributed by atoms with Crippen LogP contribution in [0, 0.1) is 6.92 Å². The molecule has 4 nitrogen and oxygen atoms in total. The van der Waals surface area contributed by atoms with Crippen molar-refractivity contribution in [3.8, 4) is 11.1 Å². The molecule has 0 aliphatic rings. The predicted molar refractivity (Wildman–Crippen MR) is 51.0 cm³/mol. The molecule has 0 saturated carbocycles. The number of aryl methyl sites for hydroxylation is 1. The Morgan fingerprint density at radius 1 is 1.46 bits per heavy atom. The zero-order valence-electron chi connectivity index (χ0n) is 7.28. The lowest BCUT2D eigenvalue weighted by Gasteiger charge is -1.98. The van der Waals surface area contributed by atoms with E-state index in [4.69, 9.17) is 5.73 Å². The first kappa shape index (κ1) is 7.79. The molecule has 0 bridgehead atoms. The van der Waals surface area contributed by atoms with E-state index in [2.05, 4.69) is 15.2 Å². The second-order valence-electron chi connectivity index (χ2n) is 2.85. The smallest absolute Gasteiger partial charge is 0.153 e. The lowest BCUT2D eigenvalue weighted by Crippen LogP contribution is -1.88. The van der Waals surface area contributed by atoms with Crippen LogP contribution in [0.5, 0.6) is 0 Å². The normalized spacial score (nSPS) is 10.2. The summed E-state index contributed by atoms with van der Waals surface area (Å²) in [5.74, 6) is 0.519. The Morgan fingerprint density at radius 2 is 2.31 bits per heavy atom. The van der Waals surface area contributed by atoms with Gasteiger partial charge in [-0.1, -0.05) is 6.07 Å². The van der Waals surface area contributed by atoms with Gasteiger partial charge in [0.25, 0.3) is 0 Å². The van der Waals surface area contributed by atoms with Gasteiger partial charge in [0.1, 0.15) is 0 Å². The minimum absolute atomic E-state index is 0.519. The molecule has 3 N–H and O–H groups in total. The Labute approximate surface area is 75.8 Å². The summed E-state index contributed by atoms with van der Waals surface area (Å²) < 4.78 is 0. The maximum Gasteiger partial charge on any atom is 0.153 e. The highest BCUT2D eigenvalue weighted by atomic mass is 15.2. The van der Waals surface area contributed by atoms with E-state index in [0.717, 1.165) is 16.8 Å². The molecule has 0 spiro atoms. The van der Waals surface area contributed by atoms with Crippen LogP contribution in [0.2, 0.25) is 0 Å². The number of pyridine rings is 1. The maximum atomic E-state index is 5.70. The van der Waals surface area contributed by atoms with Gasteiger partial charge in [-0.15, -0.1) is 0 Å². The maximum absolute atomic E-state index is 5.70.